The van der Waals surface area contributed by atoms with E-state index in [0.29, 0.717) is 159 Å². The van der Waals surface area contributed by atoms with Gasteiger partial charge >= 0.3 is 0 Å². The number of ether oxygens (including phenoxy) is 14. The maximum Gasteiger partial charge on any atom is 0.247 e. The second-order valence-corrected chi connectivity index (χ2v) is 18.3. The first kappa shape index (κ1) is 69.6. The highest BCUT2D eigenvalue weighted by atomic mass is 31.2. The topological polar surface area (TPSA) is 196 Å². The molecule has 0 spiro atoms. The fourth-order valence-corrected chi connectivity index (χ4v) is 8.29. The summed E-state index contributed by atoms with van der Waals surface area (Å²) >= 11 is 0. The van der Waals surface area contributed by atoms with Crippen LogP contribution >= 0.6 is 8.53 Å². The Hall–Kier alpha value is -4.93. The molecule has 18 heteroatoms. The molecule has 6 aromatic rings. The van der Waals surface area contributed by atoms with Crippen LogP contribution < -0.4 is 5.50 Å². The van der Waals surface area contributed by atoms with E-state index in [-0.39, 0.29) is 0 Å². The first-order valence-corrected chi connectivity index (χ1v) is 29.1. The first-order valence-electron chi connectivity index (χ1n) is 27.8. The van der Waals surface area contributed by atoms with Crippen molar-refractivity contribution < 1.29 is 76.1 Å². The minimum absolute atomic E-state index is 0.430. The predicted octanol–water partition coefficient (Wildman–Crippen LogP) is 8.61. The zero-order chi connectivity index (χ0) is 58.1. The Morgan fingerprint density at radius 1 is 0.280 bits per heavy atom. The maximum absolute atomic E-state index is 7.45. The van der Waals surface area contributed by atoms with Crippen molar-refractivity contribution in [2.45, 2.75) is 11.2 Å². The zero-order valence-corrected chi connectivity index (χ0v) is 48.8. The average Bonchev–Trinajstić information content (AvgIpc) is 3.57. The van der Waals surface area contributed by atoms with E-state index in [1.807, 2.05) is 109 Å². The van der Waals surface area contributed by atoms with Gasteiger partial charge in [-0.05, 0) is 33.4 Å². The lowest BCUT2D eigenvalue weighted by Crippen LogP contribution is -2.34. The lowest BCUT2D eigenvalue weighted by Gasteiger charge is -2.36. The van der Waals surface area contributed by atoms with E-state index < -0.39 is 19.7 Å². The van der Waals surface area contributed by atoms with E-state index in [9.17, 15) is 0 Å². The molecule has 82 heavy (non-hydrogen) atoms. The molecule has 1 atom stereocenters. The van der Waals surface area contributed by atoms with Gasteiger partial charge in [-0.3, -0.25) is 5.50 Å². The highest BCUT2D eigenvalue weighted by Gasteiger charge is 2.38. The summed E-state index contributed by atoms with van der Waals surface area (Å²) in [5.41, 5.74) is 9.27. The van der Waals surface area contributed by atoms with Gasteiger partial charge in [0, 0.05) is 14.2 Å². The Balaban J connectivity index is 0.000000331. The van der Waals surface area contributed by atoms with Gasteiger partial charge in [0.15, 0.2) is 0 Å². The van der Waals surface area contributed by atoms with Crippen molar-refractivity contribution in [2.75, 3.05) is 173 Å². The van der Waals surface area contributed by atoms with Crippen LogP contribution in [-0.4, -0.2) is 183 Å². The first-order chi connectivity index (χ1) is 40.5. The summed E-state index contributed by atoms with van der Waals surface area (Å²) in [5.74, 6) is 0. The molecule has 0 aliphatic rings. The number of benzene rings is 6. The van der Waals surface area contributed by atoms with Crippen LogP contribution in [0, 0.1) is 0 Å². The molecule has 0 fully saturated rings. The van der Waals surface area contributed by atoms with Gasteiger partial charge in [-0.15, -0.1) is 0 Å². The number of nitrogens with two attached hydrogens (primary N) is 1. The van der Waals surface area contributed by atoms with Crippen LogP contribution in [-0.2, 0) is 77.5 Å². The maximum atomic E-state index is 7.45. The van der Waals surface area contributed by atoms with Gasteiger partial charge in [-0.1, -0.05) is 182 Å². The highest BCUT2D eigenvalue weighted by molar-refractivity contribution is 7.42. The molecule has 0 bridgehead atoms. The molecule has 0 saturated carbocycles. The van der Waals surface area contributed by atoms with Crippen LogP contribution in [0.25, 0.3) is 0 Å². The smallest absolute Gasteiger partial charge is 0.247 e. The molecule has 450 valence electrons. The second-order valence-electron chi connectivity index (χ2n) is 17.7. The molecule has 0 saturated heterocycles. The zero-order valence-electron chi connectivity index (χ0n) is 47.9. The van der Waals surface area contributed by atoms with Gasteiger partial charge in [-0.2, -0.15) is 0 Å². The third-order valence-corrected chi connectivity index (χ3v) is 12.0. The predicted molar refractivity (Wildman–Crippen MR) is 318 cm³/mol. The lowest BCUT2D eigenvalue weighted by atomic mass is 9.80. The van der Waals surface area contributed by atoms with Crippen molar-refractivity contribution in [1.82, 2.24) is 0 Å². The Kier molecular flexibility index (Phi) is 39.4. The fraction of sp³-hybridized carbons (Fsp3) is 0.438. The molecule has 0 amide bonds. The van der Waals surface area contributed by atoms with Crippen molar-refractivity contribution in [2.24, 2.45) is 5.50 Å². The second kappa shape index (κ2) is 46.4. The quantitative estimate of drug-likeness (QED) is 0.0142. The molecule has 0 heterocycles. The van der Waals surface area contributed by atoms with Crippen molar-refractivity contribution in [1.29, 1.82) is 0 Å². The Bertz CT molecular complexity index is 1980. The Morgan fingerprint density at radius 3 is 0.561 bits per heavy atom. The largest absolute Gasteiger partial charge is 0.382 e. The third kappa shape index (κ3) is 28.1. The summed E-state index contributed by atoms with van der Waals surface area (Å²) in [6.45, 7) is 12.5. The highest BCUT2D eigenvalue weighted by Crippen LogP contribution is 2.41. The van der Waals surface area contributed by atoms with Crippen LogP contribution in [0.4, 0.5) is 0 Å². The monoisotopic (exact) mass is 1160 g/mol. The van der Waals surface area contributed by atoms with Crippen LogP contribution in [0.5, 0.6) is 0 Å². The van der Waals surface area contributed by atoms with Crippen molar-refractivity contribution in [3.05, 3.63) is 215 Å². The number of hydrogen-bond acceptors (Lipinski definition) is 17. The fourth-order valence-electron chi connectivity index (χ4n) is 8.29. The van der Waals surface area contributed by atoms with Gasteiger partial charge in [0.25, 0.3) is 0 Å². The average molecular weight is 1160 g/mol. The normalized spacial score (nSPS) is 11.8. The van der Waals surface area contributed by atoms with Gasteiger partial charge in [-0.25, -0.2) is 0 Å². The van der Waals surface area contributed by atoms with E-state index in [4.69, 9.17) is 76.1 Å². The van der Waals surface area contributed by atoms with E-state index >= 15 is 0 Å². The standard InChI is InChI=1S/2C32H42O7.H4NO2P/c2*1-33-17-18-34-19-20-35-21-22-36-23-24-37-25-26-38-27-28-39-32(29-11-5-2-6-12-29,30-13-7-3-8-14-30)31-15-9-4-10-16-31;1-4(2)3/h2*2-16H,17-28H2,1H3;2-3H,1H2/i;;2+2. The third-order valence-electron chi connectivity index (χ3n) is 12.0. The molecule has 6 rings (SSSR count). The van der Waals surface area contributed by atoms with E-state index in [0.717, 1.165) is 33.4 Å². The summed E-state index contributed by atoms with van der Waals surface area (Å²) < 4.78 is 78.6. The number of rotatable bonds is 44. The number of methoxy groups -OCH3 is 2. The van der Waals surface area contributed by atoms with E-state index in [1.54, 1.807) is 14.2 Å². The molecule has 0 aliphatic carbocycles. The summed E-state index contributed by atoms with van der Waals surface area (Å²) in [7, 11) is 1.18. The summed E-state index contributed by atoms with van der Waals surface area (Å²) in [5, 5.41) is 0. The Labute approximate surface area is 487 Å². The Morgan fingerprint density at radius 2 is 0.415 bits per heavy atom. The molecule has 0 aromatic heterocycles. The SMILES string of the molecule is COCCOCCOCCOCCOCCOCCOC(c1ccccc1)(c1ccccc1)c1ccccc1.COCCOCCOCCOCCOCCOCCOC(c1ccccc1)(c1ccccc1)c1ccccc1.NP(O)[18OH]. The number of hydrogen-bond donors (Lipinski definition) is 3. The van der Waals surface area contributed by atoms with Crippen molar-refractivity contribution in [3.8, 4) is 0 Å². The van der Waals surface area contributed by atoms with Crippen LogP contribution in [0.15, 0.2) is 182 Å². The van der Waals surface area contributed by atoms with Gasteiger partial charge in [0.1, 0.15) is 11.2 Å². The van der Waals surface area contributed by atoms with Crippen LogP contribution in [0.1, 0.15) is 33.4 Å². The minimum atomic E-state index is -2.12. The molecule has 17 nitrogen and oxygen atoms in total. The molecule has 4 N–H and O–H groups in total. The molecule has 6 aromatic carbocycles. The van der Waals surface area contributed by atoms with Gasteiger partial charge in [0.2, 0.25) is 8.53 Å². The van der Waals surface area contributed by atoms with Crippen LogP contribution in [0.3, 0.4) is 0 Å². The van der Waals surface area contributed by atoms with Crippen LogP contribution in [0.2, 0.25) is 0 Å². The van der Waals surface area contributed by atoms with Gasteiger partial charge in [0.05, 0.1) is 159 Å². The van der Waals surface area contributed by atoms with E-state index in [2.05, 4.69) is 78.3 Å². The van der Waals surface area contributed by atoms with Crippen molar-refractivity contribution in [3.63, 3.8) is 0 Å². The summed E-state index contributed by atoms with van der Waals surface area (Å²) in [6.07, 6.45) is 0. The molecular formula is C64H88NO16P. The minimum Gasteiger partial charge on any atom is -0.382 e. The molecule has 1 unspecified atom stereocenters. The summed E-state index contributed by atoms with van der Waals surface area (Å²) in [4.78, 5) is 14.9. The lowest BCUT2D eigenvalue weighted by molar-refractivity contribution is -0.0394. The van der Waals surface area contributed by atoms with E-state index in [1.165, 1.54) is 0 Å². The molecule has 0 radical (unpaired) electrons. The van der Waals surface area contributed by atoms with Gasteiger partial charge < -0.3 is 76.1 Å². The summed E-state index contributed by atoms with van der Waals surface area (Å²) in [6, 6.07) is 62.0. The van der Waals surface area contributed by atoms with Crippen molar-refractivity contribution >= 4 is 8.53 Å². The molecule has 0 aliphatic heterocycles. The molecular weight excluding hydrogens is 1070 g/mol.